The highest BCUT2D eigenvalue weighted by molar-refractivity contribution is 5.88. The normalized spacial score (nSPS) is 19.4. The van der Waals surface area contributed by atoms with Crippen molar-refractivity contribution >= 4 is 11.8 Å². The lowest BCUT2D eigenvalue weighted by Gasteiger charge is -2.31. The lowest BCUT2D eigenvalue weighted by Crippen LogP contribution is -2.47. The van der Waals surface area contributed by atoms with Crippen LogP contribution in [-0.4, -0.2) is 72.5 Å². The number of morpholine rings is 1. The molecule has 2 aliphatic rings. The van der Waals surface area contributed by atoms with Crippen molar-refractivity contribution in [2.45, 2.75) is 25.4 Å². The molecule has 0 radical (unpaired) electrons. The molecular weight excluding hydrogens is 466 g/mol. The highest BCUT2D eigenvalue weighted by Crippen LogP contribution is 2.48. The van der Waals surface area contributed by atoms with Crippen molar-refractivity contribution in [1.29, 1.82) is 0 Å². The Kier molecular flexibility index (Phi) is 8.33. The van der Waals surface area contributed by atoms with E-state index in [1.807, 2.05) is 60.7 Å². The van der Waals surface area contributed by atoms with Gasteiger partial charge in [0.2, 0.25) is 11.8 Å². The Morgan fingerprint density at radius 3 is 2.30 bits per heavy atom. The molecule has 1 aliphatic carbocycles. The first-order valence-corrected chi connectivity index (χ1v) is 13.2. The van der Waals surface area contributed by atoms with Crippen molar-refractivity contribution in [3.05, 3.63) is 95.9 Å². The van der Waals surface area contributed by atoms with Gasteiger partial charge in [-0.25, -0.2) is 0 Å². The van der Waals surface area contributed by atoms with Crippen LogP contribution in [0.1, 0.15) is 29.2 Å². The molecular formula is C30H35N3O4. The second-order valence-electron chi connectivity index (χ2n) is 9.89. The fraction of sp³-hybridized carbons (Fsp3) is 0.400. The van der Waals surface area contributed by atoms with Crippen LogP contribution in [0.25, 0.3) is 0 Å². The molecule has 1 aliphatic heterocycles. The van der Waals surface area contributed by atoms with Gasteiger partial charge in [0.15, 0.2) is 0 Å². The summed E-state index contributed by atoms with van der Waals surface area (Å²) in [5, 5.41) is 0. The molecule has 0 N–H and O–H groups in total. The average molecular weight is 502 g/mol. The molecule has 5 rings (SSSR count). The summed E-state index contributed by atoms with van der Waals surface area (Å²) in [4.78, 5) is 33.3. The predicted octanol–water partition coefficient (Wildman–Crippen LogP) is 3.77. The van der Waals surface area contributed by atoms with Crippen molar-refractivity contribution in [3.8, 4) is 0 Å². The van der Waals surface area contributed by atoms with Crippen LogP contribution < -0.4 is 0 Å². The number of benzene rings is 2. The second kappa shape index (κ2) is 12.2. The van der Waals surface area contributed by atoms with Gasteiger partial charge < -0.3 is 19.0 Å². The summed E-state index contributed by atoms with van der Waals surface area (Å²) in [6.07, 6.45) is 2.46. The van der Waals surface area contributed by atoms with Crippen LogP contribution in [0.5, 0.6) is 0 Å². The molecule has 0 spiro atoms. The van der Waals surface area contributed by atoms with Crippen molar-refractivity contribution in [3.63, 3.8) is 0 Å². The molecule has 37 heavy (non-hydrogen) atoms. The van der Waals surface area contributed by atoms with E-state index >= 15 is 0 Å². The molecule has 3 aromatic rings. The smallest absolute Gasteiger partial charge is 0.242 e. The lowest BCUT2D eigenvalue weighted by molar-refractivity contribution is -0.142. The summed E-state index contributed by atoms with van der Waals surface area (Å²) >= 11 is 0. The zero-order chi connectivity index (χ0) is 25.5. The van der Waals surface area contributed by atoms with Crippen LogP contribution in [0.3, 0.4) is 0 Å². The van der Waals surface area contributed by atoms with E-state index in [1.165, 1.54) is 5.56 Å². The molecule has 194 valence electrons. The largest absolute Gasteiger partial charge is 0.467 e. The standard InChI is InChI=1S/C30H35N3O4/c34-29(33(22-26-12-7-17-37-26)21-24-8-3-1-4-9-24)23-32(14-13-31-15-18-36-19-16-31)30(35)28-20-27(28)25-10-5-2-6-11-25/h1-12,17,27-28H,13-16,18-23H2. The molecule has 2 heterocycles. The third-order valence-corrected chi connectivity index (χ3v) is 7.26. The Hall–Kier alpha value is -3.42. The summed E-state index contributed by atoms with van der Waals surface area (Å²) in [5.41, 5.74) is 2.24. The number of ether oxygens (including phenoxy) is 1. The molecule has 1 saturated heterocycles. The lowest BCUT2D eigenvalue weighted by atomic mass is 10.1. The van der Waals surface area contributed by atoms with Gasteiger partial charge in [0.05, 0.1) is 32.6 Å². The van der Waals surface area contributed by atoms with Crippen molar-refractivity contribution in [2.75, 3.05) is 45.9 Å². The van der Waals surface area contributed by atoms with E-state index < -0.39 is 0 Å². The summed E-state index contributed by atoms with van der Waals surface area (Å²) in [6.45, 7) is 5.28. The minimum absolute atomic E-state index is 0.0625. The van der Waals surface area contributed by atoms with Crippen molar-refractivity contribution < 1.29 is 18.7 Å². The van der Waals surface area contributed by atoms with Crippen LogP contribution in [-0.2, 0) is 27.4 Å². The number of carbonyl (C=O) groups is 2. The Morgan fingerprint density at radius 1 is 0.865 bits per heavy atom. The van der Waals surface area contributed by atoms with Gasteiger partial charge in [-0.3, -0.25) is 14.5 Å². The molecule has 2 fully saturated rings. The van der Waals surface area contributed by atoms with E-state index in [0.29, 0.717) is 32.8 Å². The zero-order valence-corrected chi connectivity index (χ0v) is 21.2. The number of hydrogen-bond acceptors (Lipinski definition) is 5. The number of amides is 2. The summed E-state index contributed by atoms with van der Waals surface area (Å²) in [7, 11) is 0. The molecule has 1 aromatic heterocycles. The third kappa shape index (κ3) is 6.87. The van der Waals surface area contributed by atoms with E-state index in [1.54, 1.807) is 16.1 Å². The zero-order valence-electron chi connectivity index (χ0n) is 21.2. The van der Waals surface area contributed by atoms with Crippen LogP contribution in [0.15, 0.2) is 83.5 Å². The maximum absolute atomic E-state index is 13.7. The Bertz CT molecular complexity index is 1130. The first kappa shape index (κ1) is 25.2. The molecule has 2 unspecified atom stereocenters. The SMILES string of the molecule is O=C(CN(CCN1CCOCC1)C(=O)C1CC1c1ccccc1)N(Cc1ccccc1)Cc1ccco1. The van der Waals surface area contributed by atoms with Gasteiger partial charge in [0.25, 0.3) is 0 Å². The molecule has 1 saturated carbocycles. The van der Waals surface area contributed by atoms with E-state index in [9.17, 15) is 9.59 Å². The Balaban J connectivity index is 1.29. The fourth-order valence-electron chi connectivity index (χ4n) is 5.02. The van der Waals surface area contributed by atoms with Gasteiger partial charge in [-0.05, 0) is 35.6 Å². The monoisotopic (exact) mass is 501 g/mol. The number of nitrogens with zero attached hydrogens (tertiary/aromatic N) is 3. The fourth-order valence-corrected chi connectivity index (χ4v) is 5.02. The van der Waals surface area contributed by atoms with E-state index in [-0.39, 0.29) is 30.2 Å². The number of furan rings is 1. The average Bonchev–Trinajstić information content (AvgIpc) is 3.59. The quantitative estimate of drug-likeness (QED) is 0.400. The molecule has 7 nitrogen and oxygen atoms in total. The molecule has 2 atom stereocenters. The Morgan fingerprint density at radius 2 is 1.59 bits per heavy atom. The summed E-state index contributed by atoms with van der Waals surface area (Å²) in [6, 6.07) is 23.9. The Labute approximate surface area is 218 Å². The van der Waals surface area contributed by atoms with Crippen LogP contribution in [0.4, 0.5) is 0 Å². The van der Waals surface area contributed by atoms with Gasteiger partial charge in [0.1, 0.15) is 5.76 Å². The van der Waals surface area contributed by atoms with Crippen LogP contribution in [0, 0.1) is 5.92 Å². The minimum atomic E-state index is -0.0764. The molecule has 2 amide bonds. The first-order valence-electron chi connectivity index (χ1n) is 13.2. The second-order valence-corrected chi connectivity index (χ2v) is 9.89. The van der Waals surface area contributed by atoms with Gasteiger partial charge in [-0.2, -0.15) is 0 Å². The minimum Gasteiger partial charge on any atom is -0.467 e. The maximum Gasteiger partial charge on any atom is 0.242 e. The predicted molar refractivity (Wildman–Crippen MR) is 141 cm³/mol. The van der Waals surface area contributed by atoms with Crippen LogP contribution >= 0.6 is 0 Å². The first-order chi connectivity index (χ1) is 18.2. The third-order valence-electron chi connectivity index (χ3n) is 7.26. The van der Waals surface area contributed by atoms with Gasteiger partial charge in [0, 0.05) is 38.6 Å². The number of rotatable bonds is 11. The molecule has 0 bridgehead atoms. The van der Waals surface area contributed by atoms with Gasteiger partial charge >= 0.3 is 0 Å². The topological polar surface area (TPSA) is 66.2 Å². The molecule has 2 aromatic carbocycles. The van der Waals surface area contributed by atoms with E-state index in [2.05, 4.69) is 17.0 Å². The summed E-state index contributed by atoms with van der Waals surface area (Å²) in [5.74, 6) is 0.896. The van der Waals surface area contributed by atoms with Gasteiger partial charge in [-0.1, -0.05) is 60.7 Å². The van der Waals surface area contributed by atoms with Crippen molar-refractivity contribution in [2.24, 2.45) is 5.92 Å². The summed E-state index contributed by atoms with van der Waals surface area (Å²) < 4.78 is 11.0. The van der Waals surface area contributed by atoms with Crippen LogP contribution in [0.2, 0.25) is 0 Å². The highest BCUT2D eigenvalue weighted by Gasteiger charge is 2.46. The maximum atomic E-state index is 13.7. The highest BCUT2D eigenvalue weighted by atomic mass is 16.5. The molecule has 7 heteroatoms. The van der Waals surface area contributed by atoms with Crippen molar-refractivity contribution in [1.82, 2.24) is 14.7 Å². The number of carbonyl (C=O) groups excluding carboxylic acids is 2. The van der Waals surface area contributed by atoms with Gasteiger partial charge in [-0.15, -0.1) is 0 Å². The number of hydrogen-bond donors (Lipinski definition) is 0. The van der Waals surface area contributed by atoms with E-state index in [0.717, 1.165) is 37.4 Å². The van der Waals surface area contributed by atoms with E-state index in [4.69, 9.17) is 9.15 Å².